The zero-order chi connectivity index (χ0) is 13.8. The van der Waals surface area contributed by atoms with Crippen LogP contribution in [-0.2, 0) is 24.0 Å². The van der Waals surface area contributed by atoms with E-state index in [1.165, 1.54) is 12.2 Å². The van der Waals surface area contributed by atoms with E-state index in [9.17, 15) is 19.2 Å². The summed E-state index contributed by atoms with van der Waals surface area (Å²) in [6.07, 6.45) is 3.86. The molecule has 2 rings (SSSR count). The van der Waals surface area contributed by atoms with Crippen molar-refractivity contribution in [2.24, 2.45) is 0 Å². The summed E-state index contributed by atoms with van der Waals surface area (Å²) in [5.74, 6) is -1.45. The fourth-order valence-electron chi connectivity index (χ4n) is 1.92. The lowest BCUT2D eigenvalue weighted by Crippen LogP contribution is -2.32. The minimum Gasteiger partial charge on any atom is -0.338 e. The molecular weight excluding hydrogens is 252 g/mol. The predicted molar refractivity (Wildman–Crippen MR) is 62.1 cm³/mol. The molecule has 1 saturated heterocycles. The van der Waals surface area contributed by atoms with Gasteiger partial charge >= 0.3 is 5.97 Å². The van der Waals surface area contributed by atoms with Gasteiger partial charge < -0.3 is 4.84 Å². The second-order valence-corrected chi connectivity index (χ2v) is 4.33. The zero-order valence-electron chi connectivity index (χ0n) is 10.3. The third kappa shape index (κ3) is 3.18. The van der Waals surface area contributed by atoms with Crippen LogP contribution in [0.5, 0.6) is 0 Å². The summed E-state index contributed by atoms with van der Waals surface area (Å²) in [7, 11) is 0. The fraction of sp³-hybridized carbons (Fsp3) is 0.500. The molecule has 0 atom stereocenters. The first-order valence-electron chi connectivity index (χ1n) is 6.12. The Kier molecular flexibility index (Phi) is 3.94. The molecule has 0 unspecified atom stereocenters. The highest BCUT2D eigenvalue weighted by molar-refractivity contribution is 6.12. The first kappa shape index (κ1) is 13.3. The summed E-state index contributed by atoms with van der Waals surface area (Å²) in [5, 5.41) is 1.07. The molecule has 0 N–H and O–H groups in total. The van der Waals surface area contributed by atoms with Gasteiger partial charge in [-0.1, -0.05) is 0 Å². The molecule has 7 heteroatoms. The van der Waals surface area contributed by atoms with Gasteiger partial charge in [-0.2, -0.15) is 5.06 Å². The Morgan fingerprint density at radius 2 is 1.89 bits per heavy atom. The Labute approximate surface area is 109 Å². The van der Waals surface area contributed by atoms with Gasteiger partial charge in [-0.05, 0) is 12.8 Å². The fourth-order valence-corrected chi connectivity index (χ4v) is 1.92. The monoisotopic (exact) mass is 266 g/mol. The van der Waals surface area contributed by atoms with Crippen LogP contribution in [0.15, 0.2) is 12.2 Å². The topological polar surface area (TPSA) is 84.0 Å². The molecule has 0 aromatic carbocycles. The molecule has 19 heavy (non-hydrogen) atoms. The molecule has 0 bridgehead atoms. The maximum absolute atomic E-state index is 11.5. The lowest BCUT2D eigenvalue weighted by Gasteiger charge is -2.15. The smallest absolute Gasteiger partial charge is 0.332 e. The second kappa shape index (κ2) is 5.64. The number of nitrogens with zero attached hydrogens (tertiary/aromatic N) is 2. The summed E-state index contributed by atoms with van der Waals surface area (Å²) in [4.78, 5) is 51.1. The van der Waals surface area contributed by atoms with Crippen LogP contribution in [0.4, 0.5) is 0 Å². The van der Waals surface area contributed by atoms with E-state index < -0.39 is 5.97 Å². The first-order chi connectivity index (χ1) is 9.08. The first-order valence-corrected chi connectivity index (χ1v) is 6.12. The van der Waals surface area contributed by atoms with Gasteiger partial charge in [0.15, 0.2) is 0 Å². The SMILES string of the molecule is O=C(CCCN1C(=O)C=CC1=O)ON1CCCC1=O. The maximum Gasteiger partial charge on any atom is 0.332 e. The number of carbonyl (C=O) groups excluding carboxylic acids is 4. The van der Waals surface area contributed by atoms with E-state index in [2.05, 4.69) is 0 Å². The van der Waals surface area contributed by atoms with E-state index in [-0.39, 0.29) is 30.7 Å². The van der Waals surface area contributed by atoms with Crippen molar-refractivity contribution >= 4 is 23.7 Å². The summed E-state index contributed by atoms with van der Waals surface area (Å²) in [5.41, 5.74) is 0. The summed E-state index contributed by atoms with van der Waals surface area (Å²) >= 11 is 0. The number of hydrogen-bond acceptors (Lipinski definition) is 5. The minimum absolute atomic E-state index is 0.0564. The minimum atomic E-state index is -0.526. The highest BCUT2D eigenvalue weighted by Gasteiger charge is 2.25. The summed E-state index contributed by atoms with van der Waals surface area (Å²) in [6, 6.07) is 0. The van der Waals surface area contributed by atoms with Gasteiger partial charge in [0.25, 0.3) is 17.7 Å². The number of hydrogen-bond donors (Lipinski definition) is 0. The zero-order valence-corrected chi connectivity index (χ0v) is 10.3. The van der Waals surface area contributed by atoms with Crippen molar-refractivity contribution in [2.75, 3.05) is 13.1 Å². The summed E-state index contributed by atoms with van der Waals surface area (Å²) in [6.45, 7) is 0.602. The molecule has 0 aromatic rings. The van der Waals surface area contributed by atoms with Crippen molar-refractivity contribution in [1.29, 1.82) is 0 Å². The Morgan fingerprint density at radius 3 is 2.47 bits per heavy atom. The molecule has 7 nitrogen and oxygen atoms in total. The maximum atomic E-state index is 11.5. The van der Waals surface area contributed by atoms with Crippen molar-refractivity contribution in [3.05, 3.63) is 12.2 Å². The molecule has 1 fully saturated rings. The lowest BCUT2D eigenvalue weighted by atomic mass is 10.3. The van der Waals surface area contributed by atoms with Gasteiger partial charge in [-0.15, -0.1) is 0 Å². The van der Waals surface area contributed by atoms with Crippen molar-refractivity contribution < 1.29 is 24.0 Å². The van der Waals surface area contributed by atoms with E-state index in [0.717, 1.165) is 9.96 Å². The molecule has 0 spiro atoms. The number of rotatable bonds is 5. The van der Waals surface area contributed by atoms with Gasteiger partial charge in [-0.25, -0.2) is 4.79 Å². The largest absolute Gasteiger partial charge is 0.338 e. The standard InChI is InChI=1S/C12H14N2O5/c15-9-5-6-10(16)13(9)7-2-4-12(18)19-14-8-1-3-11(14)17/h5-6H,1-4,7-8H2. The quantitative estimate of drug-likeness (QED) is 0.642. The Balaban J connectivity index is 1.68. The van der Waals surface area contributed by atoms with Gasteiger partial charge in [0.2, 0.25) is 0 Å². The molecular formula is C12H14N2O5. The Morgan fingerprint density at radius 1 is 1.21 bits per heavy atom. The average Bonchev–Trinajstić information content (AvgIpc) is 2.90. The number of hydroxylamine groups is 2. The van der Waals surface area contributed by atoms with Crippen LogP contribution in [-0.4, -0.2) is 46.7 Å². The van der Waals surface area contributed by atoms with Crippen LogP contribution in [0.1, 0.15) is 25.7 Å². The molecule has 2 heterocycles. The van der Waals surface area contributed by atoms with Crippen molar-refractivity contribution in [1.82, 2.24) is 9.96 Å². The third-order valence-electron chi connectivity index (χ3n) is 2.91. The molecule has 0 saturated carbocycles. The molecule has 3 amide bonds. The van der Waals surface area contributed by atoms with E-state index in [1.54, 1.807) is 0 Å². The van der Waals surface area contributed by atoms with Crippen molar-refractivity contribution in [2.45, 2.75) is 25.7 Å². The molecule has 2 aliphatic rings. The van der Waals surface area contributed by atoms with Crippen LogP contribution in [0.25, 0.3) is 0 Å². The second-order valence-electron chi connectivity index (χ2n) is 4.33. The van der Waals surface area contributed by atoms with Crippen LogP contribution in [0.2, 0.25) is 0 Å². The third-order valence-corrected chi connectivity index (χ3v) is 2.91. The van der Waals surface area contributed by atoms with Gasteiger partial charge in [0.1, 0.15) is 0 Å². The van der Waals surface area contributed by atoms with Crippen LogP contribution in [0.3, 0.4) is 0 Å². The normalized spacial score (nSPS) is 18.6. The van der Waals surface area contributed by atoms with E-state index in [0.29, 0.717) is 25.8 Å². The van der Waals surface area contributed by atoms with E-state index in [1.807, 2.05) is 0 Å². The Hall–Kier alpha value is -2.18. The van der Waals surface area contributed by atoms with Crippen LogP contribution in [0, 0.1) is 0 Å². The molecule has 0 radical (unpaired) electrons. The Bertz CT molecular complexity index is 439. The van der Waals surface area contributed by atoms with Crippen LogP contribution >= 0.6 is 0 Å². The number of carbonyl (C=O) groups is 4. The predicted octanol–water partition coefficient (Wildman–Crippen LogP) is -0.228. The highest BCUT2D eigenvalue weighted by Crippen LogP contribution is 2.11. The van der Waals surface area contributed by atoms with Gasteiger partial charge in [-0.3, -0.25) is 19.3 Å². The summed E-state index contributed by atoms with van der Waals surface area (Å²) < 4.78 is 0. The van der Waals surface area contributed by atoms with E-state index in [4.69, 9.17) is 4.84 Å². The number of amides is 3. The number of imide groups is 1. The van der Waals surface area contributed by atoms with Crippen molar-refractivity contribution in [3.8, 4) is 0 Å². The lowest BCUT2D eigenvalue weighted by molar-refractivity contribution is -0.193. The molecule has 102 valence electrons. The average molecular weight is 266 g/mol. The highest BCUT2D eigenvalue weighted by atomic mass is 16.7. The van der Waals surface area contributed by atoms with Gasteiger partial charge in [0, 0.05) is 31.5 Å². The van der Waals surface area contributed by atoms with Crippen LogP contribution < -0.4 is 0 Å². The molecule has 0 aromatic heterocycles. The molecule has 2 aliphatic heterocycles. The van der Waals surface area contributed by atoms with Gasteiger partial charge in [0.05, 0.1) is 6.54 Å². The van der Waals surface area contributed by atoms with E-state index >= 15 is 0 Å². The molecule has 0 aliphatic carbocycles. The van der Waals surface area contributed by atoms with Crippen molar-refractivity contribution in [3.63, 3.8) is 0 Å².